The minimum absolute atomic E-state index is 0.0530. The summed E-state index contributed by atoms with van der Waals surface area (Å²) in [6.07, 6.45) is 5.26. The van der Waals surface area contributed by atoms with Gasteiger partial charge in [-0.3, -0.25) is 4.79 Å². The Labute approximate surface area is 157 Å². The quantitative estimate of drug-likeness (QED) is 0.718. The molecule has 3 aromatic rings. The molecule has 4 nitrogen and oxygen atoms in total. The number of rotatable bonds is 5. The largest absolute Gasteiger partial charge is 0.387 e. The number of hydrogen-bond acceptors (Lipinski definition) is 3. The van der Waals surface area contributed by atoms with E-state index in [1.807, 2.05) is 49.0 Å². The highest BCUT2D eigenvalue weighted by molar-refractivity contribution is 7.10. The van der Waals surface area contributed by atoms with E-state index in [1.165, 1.54) is 0 Å². The molecular weight excluding hydrogens is 344 g/mol. The first-order chi connectivity index (χ1) is 12.6. The molecule has 0 spiro atoms. The number of benzene rings is 1. The Morgan fingerprint density at radius 3 is 2.85 bits per heavy atom. The van der Waals surface area contributed by atoms with Gasteiger partial charge in [-0.25, -0.2) is 0 Å². The van der Waals surface area contributed by atoms with Gasteiger partial charge in [0, 0.05) is 30.2 Å². The van der Waals surface area contributed by atoms with Crippen molar-refractivity contribution in [2.45, 2.75) is 37.2 Å². The van der Waals surface area contributed by atoms with Crippen LogP contribution in [0.25, 0.3) is 10.9 Å². The number of nitrogens with one attached hydrogen (secondary N) is 1. The number of aliphatic hydroxyl groups is 1. The SMILES string of the molecule is Cn1ccc2cc([C@@H](O)CNC(=O)C3(c4cccs4)CCCC3)ccc21. The molecule has 26 heavy (non-hydrogen) atoms. The predicted molar refractivity (Wildman–Crippen MR) is 105 cm³/mol. The number of aromatic nitrogens is 1. The number of hydrogen-bond donors (Lipinski definition) is 2. The van der Waals surface area contributed by atoms with E-state index in [9.17, 15) is 9.90 Å². The first kappa shape index (κ1) is 17.3. The summed E-state index contributed by atoms with van der Waals surface area (Å²) >= 11 is 1.66. The molecule has 0 bridgehead atoms. The van der Waals surface area contributed by atoms with Crippen LogP contribution in [0.4, 0.5) is 0 Å². The average Bonchev–Trinajstić information content (AvgIpc) is 3.40. The van der Waals surface area contributed by atoms with Gasteiger partial charge in [0.05, 0.1) is 11.5 Å². The zero-order chi connectivity index (χ0) is 18.1. The first-order valence-electron chi connectivity index (χ1n) is 9.15. The Hall–Kier alpha value is -2.11. The van der Waals surface area contributed by atoms with E-state index in [-0.39, 0.29) is 12.5 Å². The Kier molecular flexibility index (Phi) is 4.59. The van der Waals surface area contributed by atoms with E-state index in [0.29, 0.717) is 0 Å². The van der Waals surface area contributed by atoms with E-state index in [0.717, 1.165) is 47.0 Å². The number of nitrogens with zero attached hydrogens (tertiary/aromatic N) is 1. The van der Waals surface area contributed by atoms with Crippen molar-refractivity contribution in [2.24, 2.45) is 7.05 Å². The molecule has 2 N–H and O–H groups in total. The molecule has 1 aliphatic rings. The van der Waals surface area contributed by atoms with Crippen LogP contribution in [0.3, 0.4) is 0 Å². The topological polar surface area (TPSA) is 54.3 Å². The third-order valence-electron chi connectivity index (χ3n) is 5.63. The molecule has 0 unspecified atom stereocenters. The summed E-state index contributed by atoms with van der Waals surface area (Å²) in [6, 6.07) is 12.1. The second-order valence-electron chi connectivity index (χ2n) is 7.24. The maximum Gasteiger partial charge on any atom is 0.231 e. The predicted octanol–water partition coefficient (Wildman–Crippen LogP) is 3.90. The minimum Gasteiger partial charge on any atom is -0.387 e. The fourth-order valence-corrected chi connectivity index (χ4v) is 5.08. The van der Waals surface area contributed by atoms with E-state index in [4.69, 9.17) is 0 Å². The van der Waals surface area contributed by atoms with Gasteiger partial charge in [0.1, 0.15) is 0 Å². The summed E-state index contributed by atoms with van der Waals surface area (Å²) in [5.41, 5.74) is 1.56. The van der Waals surface area contributed by atoms with E-state index >= 15 is 0 Å². The number of aryl methyl sites for hydroxylation is 1. The maximum atomic E-state index is 13.0. The van der Waals surface area contributed by atoms with Gasteiger partial charge < -0.3 is 15.0 Å². The Morgan fingerprint density at radius 2 is 2.12 bits per heavy atom. The second kappa shape index (κ2) is 6.89. The molecule has 1 aliphatic carbocycles. The average molecular weight is 369 g/mol. The smallest absolute Gasteiger partial charge is 0.231 e. The van der Waals surface area contributed by atoms with E-state index in [1.54, 1.807) is 11.3 Å². The lowest BCUT2D eigenvalue weighted by atomic mass is 9.83. The van der Waals surface area contributed by atoms with Gasteiger partial charge in [-0.15, -0.1) is 11.3 Å². The van der Waals surface area contributed by atoms with Crippen molar-refractivity contribution in [3.63, 3.8) is 0 Å². The summed E-state index contributed by atoms with van der Waals surface area (Å²) in [4.78, 5) is 14.1. The van der Waals surface area contributed by atoms with Crippen molar-refractivity contribution in [1.29, 1.82) is 0 Å². The molecule has 0 aliphatic heterocycles. The lowest BCUT2D eigenvalue weighted by Gasteiger charge is -2.27. The lowest BCUT2D eigenvalue weighted by Crippen LogP contribution is -2.43. The first-order valence-corrected chi connectivity index (χ1v) is 10.0. The molecule has 2 heterocycles. The molecule has 1 atom stereocenters. The lowest BCUT2D eigenvalue weighted by molar-refractivity contribution is -0.127. The van der Waals surface area contributed by atoms with Crippen LogP contribution in [0.15, 0.2) is 48.0 Å². The number of aliphatic hydroxyl groups excluding tert-OH is 1. The summed E-state index contributed by atoms with van der Waals surface area (Å²) in [5.74, 6) is 0.0530. The van der Waals surface area contributed by atoms with E-state index < -0.39 is 11.5 Å². The summed E-state index contributed by atoms with van der Waals surface area (Å²) < 4.78 is 2.05. The van der Waals surface area contributed by atoms with Crippen LogP contribution in [0.5, 0.6) is 0 Å². The number of thiophene rings is 1. The highest BCUT2D eigenvalue weighted by Gasteiger charge is 2.43. The van der Waals surface area contributed by atoms with Crippen molar-refractivity contribution in [2.75, 3.05) is 6.54 Å². The standard InChI is InChI=1S/C21H24N2O2S/c1-23-11-8-15-13-16(6-7-17(15)23)18(24)14-22-20(25)21(9-2-3-10-21)19-5-4-12-26-19/h4-8,11-13,18,24H,2-3,9-10,14H2,1H3,(H,22,25)/t18-/m0/s1. The molecule has 1 amide bonds. The van der Waals surface area contributed by atoms with Gasteiger partial charge in [0.15, 0.2) is 0 Å². The van der Waals surface area contributed by atoms with Gasteiger partial charge in [0.25, 0.3) is 0 Å². The summed E-state index contributed by atoms with van der Waals surface area (Å²) in [5, 5.41) is 16.7. The van der Waals surface area contributed by atoms with Crippen LogP contribution in [0.1, 0.15) is 42.2 Å². The van der Waals surface area contributed by atoms with E-state index in [2.05, 4.69) is 16.0 Å². The number of carbonyl (C=O) groups excluding carboxylic acids is 1. The summed E-state index contributed by atoms with van der Waals surface area (Å²) in [6.45, 7) is 0.240. The van der Waals surface area contributed by atoms with Crippen LogP contribution in [-0.2, 0) is 17.3 Å². The summed E-state index contributed by atoms with van der Waals surface area (Å²) in [7, 11) is 2.00. The number of carbonyl (C=O) groups is 1. The van der Waals surface area contributed by atoms with Gasteiger partial charge in [0.2, 0.25) is 5.91 Å². The molecule has 0 radical (unpaired) electrons. The maximum absolute atomic E-state index is 13.0. The zero-order valence-corrected chi connectivity index (χ0v) is 15.8. The molecule has 1 aromatic carbocycles. The monoisotopic (exact) mass is 368 g/mol. The van der Waals surface area contributed by atoms with Gasteiger partial charge in [-0.1, -0.05) is 25.0 Å². The third-order valence-corrected chi connectivity index (χ3v) is 6.71. The van der Waals surface area contributed by atoms with Crippen molar-refractivity contribution in [1.82, 2.24) is 9.88 Å². The van der Waals surface area contributed by atoms with Crippen LogP contribution in [-0.4, -0.2) is 22.1 Å². The molecule has 1 fully saturated rings. The van der Waals surface area contributed by atoms with Crippen molar-refractivity contribution >= 4 is 28.1 Å². The fourth-order valence-electron chi connectivity index (χ4n) is 4.10. The second-order valence-corrected chi connectivity index (χ2v) is 8.18. The Morgan fingerprint density at radius 1 is 1.31 bits per heavy atom. The normalized spacial score (nSPS) is 17.5. The third kappa shape index (κ3) is 2.95. The molecule has 1 saturated carbocycles. The molecular formula is C21H24N2O2S. The van der Waals surface area contributed by atoms with Gasteiger partial charge in [-0.2, -0.15) is 0 Å². The zero-order valence-electron chi connectivity index (χ0n) is 14.9. The van der Waals surface area contributed by atoms with Crippen LogP contribution >= 0.6 is 11.3 Å². The van der Waals surface area contributed by atoms with Crippen molar-refractivity contribution in [3.8, 4) is 0 Å². The van der Waals surface area contributed by atoms with Crippen molar-refractivity contribution < 1.29 is 9.90 Å². The highest BCUT2D eigenvalue weighted by atomic mass is 32.1. The highest BCUT2D eigenvalue weighted by Crippen LogP contribution is 2.43. The number of fused-ring (bicyclic) bond motifs is 1. The molecule has 2 aromatic heterocycles. The van der Waals surface area contributed by atoms with Crippen LogP contribution in [0.2, 0.25) is 0 Å². The minimum atomic E-state index is -0.703. The molecule has 4 rings (SSSR count). The van der Waals surface area contributed by atoms with Gasteiger partial charge in [-0.05, 0) is 53.4 Å². The number of amides is 1. The molecule has 0 saturated heterocycles. The Balaban J connectivity index is 1.47. The fraction of sp³-hybridized carbons (Fsp3) is 0.381. The van der Waals surface area contributed by atoms with Crippen molar-refractivity contribution in [3.05, 3.63) is 58.4 Å². The molecule has 136 valence electrons. The van der Waals surface area contributed by atoms with Gasteiger partial charge >= 0.3 is 0 Å². The van der Waals surface area contributed by atoms with Crippen LogP contribution in [0, 0.1) is 0 Å². The van der Waals surface area contributed by atoms with Crippen LogP contribution < -0.4 is 5.32 Å². The Bertz CT molecular complexity index is 907. The molecule has 5 heteroatoms.